The van der Waals surface area contributed by atoms with Crippen molar-refractivity contribution >= 4 is 56.2 Å². The average Bonchev–Trinajstić information content (AvgIpc) is 2.71. The molecule has 4 heteroatoms. The minimum Gasteiger partial charge on any atom is -0.327 e. The Morgan fingerprint density at radius 2 is 1.83 bits per heavy atom. The van der Waals surface area contributed by atoms with Gasteiger partial charge < -0.3 is 4.57 Å². The van der Waals surface area contributed by atoms with E-state index in [-0.39, 0.29) is 0 Å². The van der Waals surface area contributed by atoms with E-state index in [9.17, 15) is 0 Å². The van der Waals surface area contributed by atoms with Gasteiger partial charge in [0.2, 0.25) is 0 Å². The van der Waals surface area contributed by atoms with Gasteiger partial charge in [0, 0.05) is 19.8 Å². The van der Waals surface area contributed by atoms with Crippen molar-refractivity contribution in [2.24, 2.45) is 7.05 Å². The maximum absolute atomic E-state index is 4.74. The van der Waals surface area contributed by atoms with Gasteiger partial charge in [0.25, 0.3) is 0 Å². The smallest absolute Gasteiger partial charge is 0.141 e. The van der Waals surface area contributed by atoms with Gasteiger partial charge in [-0.05, 0) is 75.5 Å². The van der Waals surface area contributed by atoms with Gasteiger partial charge in [0.15, 0.2) is 0 Å². The molecule has 0 bridgehead atoms. The van der Waals surface area contributed by atoms with Gasteiger partial charge in [-0.1, -0.05) is 12.1 Å². The van der Waals surface area contributed by atoms with E-state index < -0.39 is 0 Å². The highest BCUT2D eigenvalue weighted by molar-refractivity contribution is 14.1. The van der Waals surface area contributed by atoms with E-state index in [1.54, 1.807) is 0 Å². The molecule has 0 fully saturated rings. The van der Waals surface area contributed by atoms with Crippen LogP contribution in [0.2, 0.25) is 0 Å². The summed E-state index contributed by atoms with van der Waals surface area (Å²) in [6, 6.07) is 14.7. The zero-order chi connectivity index (χ0) is 12.7. The summed E-state index contributed by atoms with van der Waals surface area (Å²) >= 11 is 4.70. The molecule has 0 unspecified atom stereocenters. The van der Waals surface area contributed by atoms with Crippen LogP contribution in [0.3, 0.4) is 0 Å². The second kappa shape index (κ2) is 4.80. The van der Waals surface area contributed by atoms with Crippen LogP contribution in [0.1, 0.15) is 0 Å². The summed E-state index contributed by atoms with van der Waals surface area (Å²) in [6.07, 6.45) is 0. The van der Waals surface area contributed by atoms with Crippen LogP contribution in [-0.2, 0) is 7.05 Å². The molecule has 0 saturated carbocycles. The lowest BCUT2D eigenvalue weighted by atomic mass is 10.2. The summed E-state index contributed by atoms with van der Waals surface area (Å²) in [5.74, 6) is 1.03. The van der Waals surface area contributed by atoms with Crippen LogP contribution in [0.25, 0.3) is 22.4 Å². The minimum absolute atomic E-state index is 1.03. The van der Waals surface area contributed by atoms with Crippen LogP contribution in [0.15, 0.2) is 42.5 Å². The highest BCUT2D eigenvalue weighted by Gasteiger charge is 2.12. The lowest BCUT2D eigenvalue weighted by molar-refractivity contribution is 0.958. The predicted molar refractivity (Wildman–Crippen MR) is 91.6 cm³/mol. The van der Waals surface area contributed by atoms with Crippen LogP contribution in [-0.4, -0.2) is 9.55 Å². The third-order valence-electron chi connectivity index (χ3n) is 2.96. The summed E-state index contributed by atoms with van der Waals surface area (Å²) in [7, 11) is 2.07. The molecular formula is C14H10I2N2. The van der Waals surface area contributed by atoms with Crippen molar-refractivity contribution in [3.63, 3.8) is 0 Å². The van der Waals surface area contributed by atoms with Crippen molar-refractivity contribution in [1.82, 2.24) is 9.55 Å². The molecule has 3 rings (SSSR count). The van der Waals surface area contributed by atoms with Crippen LogP contribution in [0.4, 0.5) is 0 Å². The third kappa shape index (κ3) is 2.05. The van der Waals surface area contributed by atoms with Crippen molar-refractivity contribution in [1.29, 1.82) is 0 Å². The minimum atomic E-state index is 1.03. The maximum Gasteiger partial charge on any atom is 0.141 e. The molecule has 0 N–H and O–H groups in total. The quantitative estimate of drug-likeness (QED) is 0.491. The van der Waals surface area contributed by atoms with Gasteiger partial charge in [0.1, 0.15) is 5.82 Å². The lowest BCUT2D eigenvalue weighted by Crippen LogP contribution is -1.94. The highest BCUT2D eigenvalue weighted by Crippen LogP contribution is 2.28. The molecule has 2 nitrogen and oxygen atoms in total. The summed E-state index contributed by atoms with van der Waals surface area (Å²) < 4.78 is 4.62. The molecule has 1 heterocycles. The van der Waals surface area contributed by atoms with E-state index >= 15 is 0 Å². The largest absolute Gasteiger partial charge is 0.327 e. The summed E-state index contributed by atoms with van der Waals surface area (Å²) in [4.78, 5) is 4.74. The molecule has 3 aromatic rings. The molecule has 2 aromatic carbocycles. The number of halogens is 2. The molecule has 0 aliphatic carbocycles. The standard InChI is InChI=1S/C14H10I2N2/c1-18-13-5-3-2-4-12(13)17-14(18)10-8-9(15)6-7-11(10)16/h2-8H,1H3. The maximum atomic E-state index is 4.74. The lowest BCUT2D eigenvalue weighted by Gasteiger charge is -2.05. The Bertz CT molecular complexity index is 732. The van der Waals surface area contributed by atoms with Crippen LogP contribution < -0.4 is 0 Å². The molecule has 90 valence electrons. The van der Waals surface area contributed by atoms with Gasteiger partial charge >= 0.3 is 0 Å². The first-order valence-corrected chi connectivity index (χ1v) is 7.69. The molecule has 0 aliphatic rings. The van der Waals surface area contributed by atoms with Crippen molar-refractivity contribution < 1.29 is 0 Å². The second-order valence-corrected chi connectivity index (χ2v) is 6.52. The normalized spacial score (nSPS) is 11.1. The van der Waals surface area contributed by atoms with Gasteiger partial charge in [0.05, 0.1) is 11.0 Å². The van der Waals surface area contributed by atoms with E-state index in [2.05, 4.69) is 87.1 Å². The highest BCUT2D eigenvalue weighted by atomic mass is 127. The van der Waals surface area contributed by atoms with Crippen molar-refractivity contribution in [2.75, 3.05) is 0 Å². The molecule has 0 atom stereocenters. The fourth-order valence-electron chi connectivity index (χ4n) is 2.06. The Morgan fingerprint density at radius 1 is 1.06 bits per heavy atom. The summed E-state index contributed by atoms with van der Waals surface area (Å²) in [6.45, 7) is 0. The molecule has 1 aromatic heterocycles. The number of aromatic nitrogens is 2. The Labute approximate surface area is 133 Å². The van der Waals surface area contributed by atoms with E-state index in [1.807, 2.05) is 12.1 Å². The van der Waals surface area contributed by atoms with E-state index in [4.69, 9.17) is 4.98 Å². The van der Waals surface area contributed by atoms with Crippen LogP contribution >= 0.6 is 45.2 Å². The van der Waals surface area contributed by atoms with Crippen molar-refractivity contribution in [3.8, 4) is 11.4 Å². The molecule has 0 aliphatic heterocycles. The number of fused-ring (bicyclic) bond motifs is 1. The van der Waals surface area contributed by atoms with Crippen LogP contribution in [0.5, 0.6) is 0 Å². The number of hydrogen-bond acceptors (Lipinski definition) is 1. The van der Waals surface area contributed by atoms with E-state index in [0.717, 1.165) is 11.3 Å². The Kier molecular flexibility index (Phi) is 3.31. The topological polar surface area (TPSA) is 17.8 Å². The molecule has 0 saturated heterocycles. The Balaban J connectivity index is 2.31. The zero-order valence-electron chi connectivity index (χ0n) is 9.69. The number of para-hydroxylation sites is 2. The SMILES string of the molecule is Cn1c(-c2cc(I)ccc2I)nc2ccccc21. The first-order chi connectivity index (χ1) is 8.66. The first kappa shape index (κ1) is 12.4. The number of rotatable bonds is 1. The molecule has 18 heavy (non-hydrogen) atoms. The van der Waals surface area contributed by atoms with Gasteiger partial charge in [-0.25, -0.2) is 4.98 Å². The number of benzene rings is 2. The Morgan fingerprint density at radius 3 is 2.61 bits per heavy atom. The predicted octanol–water partition coefficient (Wildman–Crippen LogP) is 4.45. The third-order valence-corrected chi connectivity index (χ3v) is 4.57. The van der Waals surface area contributed by atoms with Crippen LogP contribution in [0, 0.1) is 7.14 Å². The van der Waals surface area contributed by atoms with E-state index in [0.29, 0.717) is 0 Å². The first-order valence-electron chi connectivity index (χ1n) is 5.53. The van der Waals surface area contributed by atoms with Gasteiger partial charge in [-0.15, -0.1) is 0 Å². The molecule has 0 radical (unpaired) electrons. The molecule has 0 amide bonds. The summed E-state index contributed by atoms with van der Waals surface area (Å²) in [5, 5.41) is 0. The number of nitrogens with zero attached hydrogens (tertiary/aromatic N) is 2. The fourth-order valence-corrected chi connectivity index (χ4v) is 3.12. The van der Waals surface area contributed by atoms with E-state index in [1.165, 1.54) is 18.2 Å². The summed E-state index contributed by atoms with van der Waals surface area (Å²) in [5.41, 5.74) is 3.41. The second-order valence-electron chi connectivity index (χ2n) is 4.11. The van der Waals surface area contributed by atoms with Gasteiger partial charge in [-0.3, -0.25) is 0 Å². The zero-order valence-corrected chi connectivity index (χ0v) is 14.0. The monoisotopic (exact) mass is 460 g/mol. The molecule has 0 spiro atoms. The number of aryl methyl sites for hydroxylation is 1. The molecular weight excluding hydrogens is 450 g/mol. The van der Waals surface area contributed by atoms with Crippen molar-refractivity contribution in [3.05, 3.63) is 49.6 Å². The number of hydrogen-bond donors (Lipinski definition) is 0. The van der Waals surface area contributed by atoms with Gasteiger partial charge in [-0.2, -0.15) is 0 Å². The number of imidazole rings is 1. The fraction of sp³-hybridized carbons (Fsp3) is 0.0714. The Hall–Kier alpha value is -0.630. The average molecular weight is 460 g/mol. The van der Waals surface area contributed by atoms with Crippen molar-refractivity contribution in [2.45, 2.75) is 0 Å².